The first-order valence-electron chi connectivity index (χ1n) is 3.32. The molecule has 0 aromatic carbocycles. The van der Waals surface area contributed by atoms with Gasteiger partial charge in [0.25, 0.3) is 0 Å². The van der Waals surface area contributed by atoms with Crippen LogP contribution in [0.15, 0.2) is 0 Å². The molecule has 2 unspecified atom stereocenters. The number of carbonyl (C=O) groups is 1. The highest BCUT2D eigenvalue weighted by Gasteiger charge is 2.26. The number of aliphatic hydroxyl groups excluding tert-OH is 1. The van der Waals surface area contributed by atoms with Crippen LogP contribution < -0.4 is 5.73 Å². The second-order valence-corrected chi connectivity index (χ2v) is 2.40. The molecule has 0 saturated carbocycles. The van der Waals surface area contributed by atoms with E-state index in [4.69, 9.17) is 10.8 Å². The van der Waals surface area contributed by atoms with Crippen molar-refractivity contribution in [3.63, 3.8) is 0 Å². The predicted octanol–water partition coefficient (Wildman–Crippen LogP) is -0.988. The van der Waals surface area contributed by atoms with Gasteiger partial charge in [0.1, 0.15) is 6.04 Å². The number of ether oxygens (including phenoxy) is 1. The van der Waals surface area contributed by atoms with Crippen molar-refractivity contribution in [1.29, 1.82) is 0 Å². The van der Waals surface area contributed by atoms with Gasteiger partial charge in [-0.25, -0.2) is 0 Å². The van der Waals surface area contributed by atoms with Gasteiger partial charge in [0.05, 0.1) is 12.7 Å². The topological polar surface area (TPSA) is 72.6 Å². The number of nitrogens with two attached hydrogens (primary N) is 1. The van der Waals surface area contributed by atoms with Crippen LogP contribution in [0.5, 0.6) is 0 Å². The fraction of sp³-hybridized carbons (Fsp3) is 0.833. The monoisotopic (exact) mass is 145 g/mol. The molecular weight excluding hydrogens is 134 g/mol. The van der Waals surface area contributed by atoms with Crippen molar-refractivity contribution >= 4 is 5.97 Å². The molecule has 1 saturated heterocycles. The van der Waals surface area contributed by atoms with Crippen LogP contribution in [0.4, 0.5) is 0 Å². The van der Waals surface area contributed by atoms with Gasteiger partial charge in [-0.15, -0.1) is 0 Å². The zero-order valence-electron chi connectivity index (χ0n) is 5.62. The zero-order chi connectivity index (χ0) is 7.56. The van der Waals surface area contributed by atoms with E-state index in [-0.39, 0.29) is 0 Å². The van der Waals surface area contributed by atoms with Crippen molar-refractivity contribution in [3.8, 4) is 0 Å². The van der Waals surface area contributed by atoms with Crippen LogP contribution in [-0.4, -0.2) is 29.8 Å². The lowest BCUT2D eigenvalue weighted by atomic mass is 10.1. The van der Waals surface area contributed by atoms with Gasteiger partial charge in [-0.3, -0.25) is 4.79 Å². The maximum atomic E-state index is 10.7. The van der Waals surface area contributed by atoms with Gasteiger partial charge >= 0.3 is 5.97 Å². The smallest absolute Gasteiger partial charge is 0.325 e. The Bertz CT molecular complexity index is 137. The molecule has 1 aliphatic heterocycles. The lowest BCUT2D eigenvalue weighted by Gasteiger charge is -2.10. The van der Waals surface area contributed by atoms with E-state index in [1.54, 1.807) is 0 Å². The van der Waals surface area contributed by atoms with E-state index in [2.05, 4.69) is 4.74 Å². The van der Waals surface area contributed by atoms with Crippen LogP contribution in [0.3, 0.4) is 0 Å². The number of carbonyl (C=O) groups excluding carboxylic acids is 1. The van der Waals surface area contributed by atoms with Crippen LogP contribution in [0.2, 0.25) is 0 Å². The highest BCUT2D eigenvalue weighted by atomic mass is 16.5. The Morgan fingerprint density at radius 3 is 3.10 bits per heavy atom. The van der Waals surface area contributed by atoms with Gasteiger partial charge in [-0.05, 0) is 12.8 Å². The van der Waals surface area contributed by atoms with Crippen LogP contribution in [-0.2, 0) is 9.53 Å². The van der Waals surface area contributed by atoms with Gasteiger partial charge in [-0.2, -0.15) is 0 Å². The molecule has 0 aromatic heterocycles. The van der Waals surface area contributed by atoms with Crippen LogP contribution >= 0.6 is 0 Å². The highest BCUT2D eigenvalue weighted by molar-refractivity contribution is 5.76. The highest BCUT2D eigenvalue weighted by Crippen LogP contribution is 2.07. The van der Waals surface area contributed by atoms with Gasteiger partial charge < -0.3 is 15.6 Å². The summed E-state index contributed by atoms with van der Waals surface area (Å²) in [4.78, 5) is 10.7. The van der Waals surface area contributed by atoms with E-state index < -0.39 is 18.1 Å². The Kier molecular flexibility index (Phi) is 2.24. The van der Waals surface area contributed by atoms with Crippen LogP contribution in [0.25, 0.3) is 0 Å². The number of rotatable bonds is 0. The van der Waals surface area contributed by atoms with Crippen molar-refractivity contribution in [3.05, 3.63) is 0 Å². The quantitative estimate of drug-likeness (QED) is 0.429. The fourth-order valence-electron chi connectivity index (χ4n) is 0.898. The summed E-state index contributed by atoms with van der Waals surface area (Å²) in [5.41, 5.74) is 5.30. The molecule has 4 nitrogen and oxygen atoms in total. The van der Waals surface area contributed by atoms with Gasteiger partial charge in [0, 0.05) is 0 Å². The summed E-state index contributed by atoms with van der Waals surface area (Å²) in [5.74, 6) is -0.495. The molecule has 1 fully saturated rings. The third-order valence-electron chi connectivity index (χ3n) is 1.58. The van der Waals surface area contributed by atoms with E-state index in [0.717, 1.165) is 0 Å². The molecule has 1 heterocycles. The second-order valence-electron chi connectivity index (χ2n) is 2.40. The summed E-state index contributed by atoms with van der Waals surface area (Å²) < 4.78 is 4.66. The number of hydrogen-bond donors (Lipinski definition) is 2. The first-order valence-corrected chi connectivity index (χ1v) is 3.32. The molecule has 0 aromatic rings. The number of cyclic esters (lactones) is 1. The van der Waals surface area contributed by atoms with E-state index >= 15 is 0 Å². The lowest BCUT2D eigenvalue weighted by molar-refractivity contribution is -0.145. The summed E-state index contributed by atoms with van der Waals surface area (Å²) in [6.07, 6.45) is 0.517. The van der Waals surface area contributed by atoms with Gasteiger partial charge in [0.2, 0.25) is 0 Å². The minimum absolute atomic E-state index is 0.379. The van der Waals surface area contributed by atoms with Crippen molar-refractivity contribution in [2.45, 2.75) is 25.0 Å². The summed E-state index contributed by atoms with van der Waals surface area (Å²) in [6.45, 7) is 0.379. The van der Waals surface area contributed by atoms with E-state index in [1.165, 1.54) is 0 Å². The number of hydrogen-bond acceptors (Lipinski definition) is 4. The normalized spacial score (nSPS) is 34.8. The number of esters is 1. The zero-order valence-corrected chi connectivity index (χ0v) is 5.62. The Hall–Kier alpha value is -0.610. The number of aliphatic hydroxyl groups is 1. The molecule has 10 heavy (non-hydrogen) atoms. The summed E-state index contributed by atoms with van der Waals surface area (Å²) in [6, 6.07) is -0.845. The molecule has 58 valence electrons. The Morgan fingerprint density at radius 2 is 2.40 bits per heavy atom. The molecule has 1 aliphatic rings. The fourth-order valence-corrected chi connectivity index (χ4v) is 0.898. The lowest BCUT2D eigenvalue weighted by Crippen LogP contribution is -2.41. The molecule has 0 spiro atoms. The Balaban J connectivity index is 2.55. The van der Waals surface area contributed by atoms with Crippen molar-refractivity contribution in [2.75, 3.05) is 6.61 Å². The van der Waals surface area contributed by atoms with Crippen molar-refractivity contribution in [1.82, 2.24) is 0 Å². The van der Waals surface area contributed by atoms with Gasteiger partial charge in [0.15, 0.2) is 0 Å². The molecule has 0 radical (unpaired) electrons. The Morgan fingerprint density at radius 1 is 1.70 bits per heavy atom. The third-order valence-corrected chi connectivity index (χ3v) is 1.58. The molecule has 2 atom stereocenters. The minimum atomic E-state index is -0.845. The van der Waals surface area contributed by atoms with Gasteiger partial charge in [-0.1, -0.05) is 0 Å². The Labute approximate surface area is 59.0 Å². The molecule has 0 bridgehead atoms. The minimum Gasteiger partial charge on any atom is -0.464 e. The SMILES string of the molecule is NC1C(=O)OCCCC1O. The summed E-state index contributed by atoms with van der Waals surface area (Å²) in [5, 5.41) is 9.10. The molecule has 3 N–H and O–H groups in total. The standard InChI is InChI=1S/C6H11NO3/c7-5-4(8)2-1-3-10-6(5)9/h4-5,8H,1-3,7H2. The maximum Gasteiger partial charge on any atom is 0.325 e. The third kappa shape index (κ3) is 1.46. The molecule has 0 aliphatic carbocycles. The maximum absolute atomic E-state index is 10.7. The molecule has 0 amide bonds. The van der Waals surface area contributed by atoms with Crippen molar-refractivity contribution in [2.24, 2.45) is 5.73 Å². The average Bonchev–Trinajstić information content (AvgIpc) is 2.04. The van der Waals surface area contributed by atoms with Crippen LogP contribution in [0.1, 0.15) is 12.8 Å². The predicted molar refractivity (Wildman–Crippen MR) is 34.2 cm³/mol. The average molecular weight is 145 g/mol. The summed E-state index contributed by atoms with van der Waals surface area (Å²) in [7, 11) is 0. The second kappa shape index (κ2) is 2.98. The first-order chi connectivity index (χ1) is 4.72. The first kappa shape index (κ1) is 7.50. The van der Waals surface area contributed by atoms with Crippen molar-refractivity contribution < 1.29 is 14.6 Å². The van der Waals surface area contributed by atoms with Crippen LogP contribution in [0, 0.1) is 0 Å². The van der Waals surface area contributed by atoms with E-state index in [9.17, 15) is 4.79 Å². The molecule has 1 rings (SSSR count). The largest absolute Gasteiger partial charge is 0.464 e. The van der Waals surface area contributed by atoms with E-state index in [0.29, 0.717) is 19.4 Å². The molecular formula is C6H11NO3. The van der Waals surface area contributed by atoms with E-state index in [1.807, 2.05) is 0 Å². The molecule has 4 heteroatoms. The summed E-state index contributed by atoms with van der Waals surface area (Å²) >= 11 is 0.